The van der Waals surface area contributed by atoms with E-state index in [1.807, 2.05) is 35.2 Å². The van der Waals surface area contributed by atoms with Crippen LogP contribution in [0.15, 0.2) is 61.1 Å². The van der Waals surface area contributed by atoms with Gasteiger partial charge in [0.1, 0.15) is 29.3 Å². The van der Waals surface area contributed by atoms with Crippen LogP contribution < -0.4 is 10.1 Å². The zero-order valence-electron chi connectivity index (χ0n) is 22.7. The number of hydrogen-bond donors (Lipinski definition) is 2. The van der Waals surface area contributed by atoms with Crippen LogP contribution in [0.3, 0.4) is 0 Å². The topological polar surface area (TPSA) is 100 Å². The standard InChI is InChI=1S/C31H33BrClN5O3/c32-15-7-2-1-6-10-27(39)38-16-13-21(14-17-38)37-31-28-25(19-34-30(28)35-20-36-31)29(40)24-12-11-23(18-26(24)33)41-22-8-4-3-5-9-22/h3-5,8-9,11-12,18-21H,1-2,6-7,10,13-17H2,(H2,34,35,36,37). The molecular formula is C31H33BrClN5O3. The Morgan fingerprint density at radius 2 is 1.78 bits per heavy atom. The number of H-pyrrole nitrogens is 1. The maximum atomic E-state index is 13.6. The number of benzene rings is 2. The van der Waals surface area contributed by atoms with Crippen molar-refractivity contribution in [2.24, 2.45) is 0 Å². The molecule has 8 nitrogen and oxygen atoms in total. The molecule has 0 aliphatic carbocycles. The number of amides is 1. The number of alkyl halides is 1. The molecule has 0 bridgehead atoms. The van der Waals surface area contributed by atoms with Crippen molar-refractivity contribution < 1.29 is 14.3 Å². The SMILES string of the molecule is O=C(c1ccc(Oc2ccccc2)cc1Cl)c1c[nH]c2ncnc(NC3CCN(C(=O)CCCCCCBr)CC3)c12. The Hall–Kier alpha value is -3.43. The highest BCUT2D eigenvalue weighted by Crippen LogP contribution is 2.32. The first-order valence-electron chi connectivity index (χ1n) is 14.0. The number of hydrogen-bond acceptors (Lipinski definition) is 6. The molecule has 2 aromatic heterocycles. The number of carbonyl (C=O) groups excluding carboxylic acids is 2. The molecular weight excluding hydrogens is 606 g/mol. The summed E-state index contributed by atoms with van der Waals surface area (Å²) in [6, 6.07) is 14.6. The van der Waals surface area contributed by atoms with Crippen LogP contribution >= 0.6 is 27.5 Å². The summed E-state index contributed by atoms with van der Waals surface area (Å²) in [7, 11) is 0. The molecule has 4 aromatic rings. The second kappa shape index (κ2) is 14.0. The number of piperidine rings is 1. The number of para-hydroxylation sites is 1. The molecule has 3 heterocycles. The Labute approximate surface area is 253 Å². The van der Waals surface area contributed by atoms with Gasteiger partial charge in [-0.1, -0.05) is 58.6 Å². The first-order chi connectivity index (χ1) is 20.0. The second-order valence-electron chi connectivity index (χ2n) is 10.2. The molecule has 1 aliphatic rings. The minimum Gasteiger partial charge on any atom is -0.457 e. The molecule has 1 saturated heterocycles. The molecule has 1 fully saturated rings. The molecule has 1 aliphatic heterocycles. The van der Waals surface area contributed by atoms with Crippen LogP contribution in [0, 0.1) is 0 Å². The lowest BCUT2D eigenvalue weighted by Crippen LogP contribution is -2.42. The highest BCUT2D eigenvalue weighted by molar-refractivity contribution is 9.09. The molecule has 0 atom stereocenters. The van der Waals surface area contributed by atoms with Crippen LogP contribution in [-0.2, 0) is 4.79 Å². The van der Waals surface area contributed by atoms with Crippen LogP contribution in [0.25, 0.3) is 11.0 Å². The van der Waals surface area contributed by atoms with Crippen LogP contribution in [0.1, 0.15) is 60.9 Å². The number of rotatable bonds is 12. The molecule has 2 N–H and O–H groups in total. The van der Waals surface area contributed by atoms with Gasteiger partial charge < -0.3 is 19.9 Å². The van der Waals surface area contributed by atoms with E-state index in [2.05, 4.69) is 36.2 Å². The van der Waals surface area contributed by atoms with Gasteiger partial charge in [0, 0.05) is 48.7 Å². The van der Waals surface area contributed by atoms with Gasteiger partial charge in [-0.2, -0.15) is 0 Å². The predicted octanol–water partition coefficient (Wildman–Crippen LogP) is 7.38. The van der Waals surface area contributed by atoms with E-state index in [4.69, 9.17) is 16.3 Å². The van der Waals surface area contributed by atoms with E-state index in [1.54, 1.807) is 24.4 Å². The Kier molecular flexibility index (Phi) is 9.90. The largest absolute Gasteiger partial charge is 0.457 e. The number of halogens is 2. The van der Waals surface area contributed by atoms with Gasteiger partial charge in [0.15, 0.2) is 5.78 Å². The van der Waals surface area contributed by atoms with Crippen molar-refractivity contribution in [1.82, 2.24) is 19.9 Å². The number of aromatic nitrogens is 3. The van der Waals surface area contributed by atoms with E-state index in [0.29, 0.717) is 64.0 Å². The normalized spacial score (nSPS) is 13.9. The average molecular weight is 639 g/mol. The Morgan fingerprint density at radius 3 is 2.54 bits per heavy atom. The Morgan fingerprint density at radius 1 is 1.00 bits per heavy atom. The highest BCUT2D eigenvalue weighted by atomic mass is 79.9. The number of ether oxygens (including phenoxy) is 1. The summed E-state index contributed by atoms with van der Waals surface area (Å²) in [5, 5.41) is 5.45. The number of aromatic amines is 1. The maximum Gasteiger partial charge on any atom is 0.222 e. The van der Waals surface area contributed by atoms with E-state index in [-0.39, 0.29) is 17.7 Å². The fourth-order valence-corrected chi connectivity index (χ4v) is 5.77. The van der Waals surface area contributed by atoms with Crippen molar-refractivity contribution >= 4 is 56.1 Å². The van der Waals surface area contributed by atoms with Crippen molar-refractivity contribution in [3.05, 3.63) is 77.2 Å². The number of anilines is 1. The van der Waals surface area contributed by atoms with Crippen molar-refractivity contribution in [1.29, 1.82) is 0 Å². The highest BCUT2D eigenvalue weighted by Gasteiger charge is 2.25. The molecule has 41 heavy (non-hydrogen) atoms. The van der Waals surface area contributed by atoms with Crippen molar-refractivity contribution in [2.45, 2.75) is 51.0 Å². The summed E-state index contributed by atoms with van der Waals surface area (Å²) < 4.78 is 5.86. The number of unbranched alkanes of at least 4 members (excludes halogenated alkanes) is 3. The average Bonchev–Trinajstić information content (AvgIpc) is 3.43. The molecule has 0 spiro atoms. The third-order valence-electron chi connectivity index (χ3n) is 7.34. The monoisotopic (exact) mass is 637 g/mol. The molecule has 5 rings (SSSR count). The van der Waals surface area contributed by atoms with E-state index >= 15 is 0 Å². The fourth-order valence-electron chi connectivity index (χ4n) is 5.11. The summed E-state index contributed by atoms with van der Waals surface area (Å²) in [5.74, 6) is 1.82. The van der Waals surface area contributed by atoms with Crippen molar-refractivity contribution in [3.63, 3.8) is 0 Å². The van der Waals surface area contributed by atoms with E-state index in [1.165, 1.54) is 6.33 Å². The van der Waals surface area contributed by atoms with Gasteiger partial charge in [-0.15, -0.1) is 0 Å². The minimum atomic E-state index is -0.234. The smallest absolute Gasteiger partial charge is 0.222 e. The maximum absolute atomic E-state index is 13.6. The van der Waals surface area contributed by atoms with Crippen molar-refractivity contribution in [2.75, 3.05) is 23.7 Å². The Bertz CT molecular complexity index is 1490. The molecule has 214 valence electrons. The number of nitrogens with zero attached hydrogens (tertiary/aromatic N) is 3. The lowest BCUT2D eigenvalue weighted by molar-refractivity contribution is -0.132. The summed E-state index contributed by atoms with van der Waals surface area (Å²) in [4.78, 5) is 40.2. The summed E-state index contributed by atoms with van der Waals surface area (Å²) >= 11 is 10.0. The zero-order valence-corrected chi connectivity index (χ0v) is 25.1. The molecule has 0 radical (unpaired) electrons. The third kappa shape index (κ3) is 7.26. The number of nitrogens with one attached hydrogen (secondary N) is 2. The van der Waals surface area contributed by atoms with Gasteiger partial charge in [-0.05, 0) is 49.9 Å². The second-order valence-corrected chi connectivity index (χ2v) is 11.4. The van der Waals surface area contributed by atoms with Gasteiger partial charge in [-0.3, -0.25) is 9.59 Å². The number of carbonyl (C=O) groups is 2. The van der Waals surface area contributed by atoms with Gasteiger partial charge in [0.05, 0.1) is 16.0 Å². The molecule has 0 saturated carbocycles. The van der Waals surface area contributed by atoms with Gasteiger partial charge in [0.25, 0.3) is 0 Å². The first kappa shape index (κ1) is 29.1. The molecule has 2 aromatic carbocycles. The summed E-state index contributed by atoms with van der Waals surface area (Å²) in [5.41, 5.74) is 1.37. The first-order valence-corrected chi connectivity index (χ1v) is 15.5. The fraction of sp³-hybridized carbons (Fsp3) is 0.355. The molecule has 1 amide bonds. The van der Waals surface area contributed by atoms with Crippen molar-refractivity contribution in [3.8, 4) is 11.5 Å². The van der Waals surface area contributed by atoms with Gasteiger partial charge in [0.2, 0.25) is 5.91 Å². The van der Waals surface area contributed by atoms with Crippen LogP contribution in [0.2, 0.25) is 5.02 Å². The van der Waals surface area contributed by atoms with Gasteiger partial charge in [-0.25, -0.2) is 9.97 Å². The predicted molar refractivity (Wildman–Crippen MR) is 165 cm³/mol. The van der Waals surface area contributed by atoms with Gasteiger partial charge >= 0.3 is 0 Å². The third-order valence-corrected chi connectivity index (χ3v) is 8.21. The number of likely N-dealkylation sites (tertiary alicyclic amines) is 1. The minimum absolute atomic E-state index is 0.131. The van der Waals surface area contributed by atoms with Crippen LogP contribution in [-0.4, -0.2) is 56.0 Å². The Balaban J connectivity index is 1.24. The van der Waals surface area contributed by atoms with E-state index in [0.717, 1.165) is 43.9 Å². The quantitative estimate of drug-likeness (QED) is 0.0954. The van der Waals surface area contributed by atoms with Crippen LogP contribution in [0.4, 0.5) is 5.82 Å². The van der Waals surface area contributed by atoms with E-state index < -0.39 is 0 Å². The van der Waals surface area contributed by atoms with E-state index in [9.17, 15) is 9.59 Å². The zero-order chi connectivity index (χ0) is 28.6. The molecule has 0 unspecified atom stereocenters. The lowest BCUT2D eigenvalue weighted by Gasteiger charge is -2.33. The summed E-state index contributed by atoms with van der Waals surface area (Å²) in [6.07, 6.45) is 9.70. The summed E-state index contributed by atoms with van der Waals surface area (Å²) in [6.45, 7) is 1.41. The molecule has 10 heteroatoms. The lowest BCUT2D eigenvalue weighted by atomic mass is 10.0. The number of ketones is 1. The van der Waals surface area contributed by atoms with Crippen LogP contribution in [0.5, 0.6) is 11.5 Å². The number of fused-ring (bicyclic) bond motifs is 1.